The fraction of sp³-hybridized carbons (Fsp3) is 0.657. The van der Waals surface area contributed by atoms with E-state index < -0.39 is 0 Å². The fourth-order valence-corrected chi connectivity index (χ4v) is 15.1. The minimum atomic E-state index is -0.379. The lowest BCUT2D eigenvalue weighted by atomic mass is 9.84. The number of quaternary nitrogens is 8. The average molecular weight is 1690 g/mol. The van der Waals surface area contributed by atoms with Crippen LogP contribution in [0.15, 0.2) is 176 Å². The summed E-state index contributed by atoms with van der Waals surface area (Å²) in [6.07, 6.45) is 13.6. The molecule has 0 spiro atoms. The molecule has 4 fully saturated rings. The first-order valence-corrected chi connectivity index (χ1v) is 45.1. The number of anilines is 1. The third kappa shape index (κ3) is 34.9. The first kappa shape index (κ1) is 113. The molecule has 121 heavy (non-hydrogen) atoms. The molecule has 5 aromatic carbocycles. The van der Waals surface area contributed by atoms with Crippen molar-refractivity contribution in [1.29, 1.82) is 0 Å². The first-order chi connectivity index (χ1) is 54.8. The largest absolute Gasteiger partial charge is 0.758 e. The molecule has 3 aliphatic heterocycles. The number of benzene rings is 5. The number of para-hydroxylation sites is 2. The third-order valence-corrected chi connectivity index (χ3v) is 25.6. The Morgan fingerprint density at radius 2 is 0.661 bits per heavy atom. The highest BCUT2D eigenvalue weighted by molar-refractivity contribution is 5.49. The van der Waals surface area contributed by atoms with E-state index in [1.807, 2.05) is 304 Å². The molecule has 6 aromatic rings. The summed E-state index contributed by atoms with van der Waals surface area (Å²) in [5.41, 5.74) is 3.35. The van der Waals surface area contributed by atoms with Crippen molar-refractivity contribution in [3.8, 4) is 0 Å². The Kier molecular flexibility index (Phi) is 43.3. The first-order valence-electron chi connectivity index (χ1n) is 45.1. The lowest BCUT2D eigenvalue weighted by Crippen LogP contribution is -2.67. The van der Waals surface area contributed by atoms with Crippen molar-refractivity contribution in [2.24, 2.45) is 11.8 Å². The number of nitrogens with zero attached hydrogens (tertiary/aromatic N) is 10. The van der Waals surface area contributed by atoms with Crippen molar-refractivity contribution < 1.29 is 48.7 Å². The van der Waals surface area contributed by atoms with Crippen LogP contribution in [0.1, 0.15) is 303 Å². The van der Waals surface area contributed by atoms with Gasteiger partial charge in [0.15, 0.2) is 0 Å². The molecule has 4 N–H and O–H groups in total. The zero-order valence-electron chi connectivity index (χ0n) is 83.6. The summed E-state index contributed by atoms with van der Waals surface area (Å²) in [5.74, 6) is 1.55. The number of fused-ring (bicyclic) bond motifs is 4. The van der Waals surface area contributed by atoms with Crippen molar-refractivity contribution in [2.75, 3.05) is 71.5 Å². The van der Waals surface area contributed by atoms with Crippen LogP contribution in [0.4, 0.5) is 17.1 Å². The van der Waals surface area contributed by atoms with E-state index in [1.54, 1.807) is 38.6 Å². The van der Waals surface area contributed by atoms with Gasteiger partial charge in [-0.05, 0) is 311 Å². The van der Waals surface area contributed by atoms with Crippen LogP contribution in [0.3, 0.4) is 0 Å². The molecule has 1 aromatic heterocycles. The summed E-state index contributed by atoms with van der Waals surface area (Å²) in [7, 11) is 3.39. The van der Waals surface area contributed by atoms with Gasteiger partial charge < -0.3 is 49.7 Å². The van der Waals surface area contributed by atoms with E-state index in [0.29, 0.717) is 30.0 Å². The molecular weight excluding hydrogens is 1510 g/mol. The summed E-state index contributed by atoms with van der Waals surface area (Å²) >= 11 is 0. The number of rotatable bonds is 13. The van der Waals surface area contributed by atoms with Gasteiger partial charge >= 0.3 is 0 Å². The molecule has 4 aliphatic rings. The van der Waals surface area contributed by atoms with Gasteiger partial charge in [0.1, 0.15) is 106 Å². The molecule has 1 aliphatic carbocycles. The summed E-state index contributed by atoms with van der Waals surface area (Å²) in [6, 6.07) is 52.4. The number of aromatic nitrogens is 1. The predicted molar refractivity (Wildman–Crippen MR) is 514 cm³/mol. The molecular formula is C102H181N10O9+3. The van der Waals surface area contributed by atoms with Gasteiger partial charge in [0.05, 0.1) is 41.8 Å². The van der Waals surface area contributed by atoms with E-state index in [0.717, 1.165) is 97.3 Å². The minimum Gasteiger partial charge on any atom is -0.758 e. The van der Waals surface area contributed by atoms with E-state index in [9.17, 15) is 46.9 Å². The van der Waals surface area contributed by atoms with Crippen molar-refractivity contribution in [1.82, 2.24) is 14.3 Å². The summed E-state index contributed by atoms with van der Waals surface area (Å²) in [6.45, 7) is 77.2. The second-order valence-corrected chi connectivity index (χ2v) is 44.4. The summed E-state index contributed by atoms with van der Waals surface area (Å²) < 4.78 is -0.288. The number of hydrogen-bond donors (Lipinski definition) is 4. The van der Waals surface area contributed by atoms with Crippen LogP contribution >= 0.6 is 0 Å². The van der Waals surface area contributed by atoms with E-state index >= 15 is 0 Å². The Morgan fingerprint density at radius 1 is 0.364 bits per heavy atom. The van der Waals surface area contributed by atoms with Crippen molar-refractivity contribution in [3.63, 3.8) is 0 Å². The Hall–Kier alpha value is -5.63. The highest BCUT2D eigenvalue weighted by Crippen LogP contribution is 2.42. The Morgan fingerprint density at radius 3 is 0.909 bits per heavy atom. The van der Waals surface area contributed by atoms with Crippen LogP contribution < -0.4 is 14.4 Å². The maximum atomic E-state index is 13.4. The van der Waals surface area contributed by atoms with E-state index in [4.69, 9.17) is 0 Å². The number of hydroxylamine groups is 23. The SMILES string of the molecule is CC(C)(C)N([O-])c1ccccc1.CC(C)(C)[N+](C)([O-])Cc1ccccc1.CC(C)(C)[N+](C)([O-])c1ccncc1.CC(C)(C)[N+]([O-])(Cc1ccccc1)Cc1ccccc1.CC(C)(C)[N+]([O-])(c1ccccc1)C(C)(C)C.CC(C)(C)[N+]1(O)CC2CCC(CC2)C1.CC(C)(C)[N+]1(O)CCCCCC1.CC[N+](O)(CC)C(C)(C)C.CC[N+](O)(CC)C(C)(C)C. The second kappa shape index (κ2) is 46.2. The lowest BCUT2D eigenvalue weighted by molar-refractivity contribution is -1.14. The van der Waals surface area contributed by atoms with Gasteiger partial charge in [-0.15, -0.1) is 0 Å². The Labute approximate surface area is 740 Å². The third-order valence-electron chi connectivity index (χ3n) is 25.6. The second-order valence-electron chi connectivity index (χ2n) is 44.4. The summed E-state index contributed by atoms with van der Waals surface area (Å²) in [5, 5.41) is 105. The Balaban J connectivity index is 0.000000686. The normalized spacial score (nSPS) is 18.5. The average Bonchev–Trinajstić information content (AvgIpc) is 1.18. The molecule has 19 nitrogen and oxygen atoms in total. The molecule has 1 saturated carbocycles. The number of likely N-dealkylation sites (tertiary alicyclic amines) is 1. The van der Waals surface area contributed by atoms with Crippen LogP contribution in [0.5, 0.6) is 0 Å². The van der Waals surface area contributed by atoms with Gasteiger partial charge in [0.2, 0.25) is 0 Å². The number of hydrogen-bond acceptors (Lipinski definition) is 11. The number of pyridine rings is 1. The van der Waals surface area contributed by atoms with E-state index in [-0.39, 0.29) is 87.9 Å². The van der Waals surface area contributed by atoms with Crippen LogP contribution in [-0.4, -0.2) is 176 Å². The lowest BCUT2D eigenvalue weighted by Gasteiger charge is -2.60. The standard InChI is InChI=1S/C18H23NO.C14H23NO.C12H24NO.C12H19NO.C10H16N2O.C10H22NO.C10H14NO.2C8H20NO/c1-18(2,3)19(20,14-16-10-6-4-7-11-16)15-17-12-8-5-9-13-17;1-13(2,3)15(16,14(4,5)6)12-10-8-7-9-11-12;1-12(2,3)13(14)8-10-4-5-11(9-13)7-6-10;1-12(2,3)13(4,14)10-11-8-6-5-7-9-11;1-10(2,3)12(4,13)9-5-7-11-8-6-9;1-10(2,3)11(12)8-6-4-5-7-9-11;1-10(2,3)11(12)9-7-5-4-6-8-9;2*1-6-9(10,7-2)8(3,4)5/h4-13H,14-15H2,1-3H3;7-11H,1-6H3;10-11,14H,4-9H2,1-3H3;5-9H,10H2,1-4H3;5-8H,1-4H3;12H,4-9H2,1-3H3;4-8H,1-3H3;2*10H,6-7H2,1-5H3/q;;+1;;;+1;-1;2*+1. The van der Waals surface area contributed by atoms with Gasteiger partial charge in [0, 0.05) is 64.3 Å². The molecule has 3 saturated heterocycles. The van der Waals surface area contributed by atoms with Crippen molar-refractivity contribution in [2.45, 2.75) is 362 Å². The van der Waals surface area contributed by atoms with Crippen LogP contribution in [-0.2, 0) is 19.6 Å². The molecule has 0 amide bonds. The molecule has 2 bridgehead atoms. The zero-order valence-corrected chi connectivity index (χ0v) is 83.6. The van der Waals surface area contributed by atoms with Crippen molar-refractivity contribution >= 4 is 17.1 Å². The minimum absolute atomic E-state index is 0.00875. The smallest absolute Gasteiger partial charge is 0.136 e. The molecule has 0 radical (unpaired) electrons. The predicted octanol–water partition coefficient (Wildman–Crippen LogP) is 26.1. The molecule has 4 heterocycles. The topological polar surface area (TPSA) is 212 Å². The van der Waals surface area contributed by atoms with Gasteiger partial charge in [-0.1, -0.05) is 127 Å². The van der Waals surface area contributed by atoms with E-state index in [2.05, 4.69) is 88.1 Å². The zero-order chi connectivity index (χ0) is 93.8. The van der Waals surface area contributed by atoms with Gasteiger partial charge in [-0.2, -0.15) is 18.6 Å². The highest BCUT2D eigenvalue weighted by atomic mass is 16.6. The molecule has 2 atom stereocenters. The van der Waals surface area contributed by atoms with Crippen LogP contribution in [0.25, 0.3) is 0 Å². The molecule has 690 valence electrons. The van der Waals surface area contributed by atoms with E-state index in [1.165, 1.54) is 51.4 Å². The molecule has 10 rings (SSSR count). The maximum Gasteiger partial charge on any atom is 0.136 e. The monoisotopic (exact) mass is 1690 g/mol. The van der Waals surface area contributed by atoms with Gasteiger partial charge in [-0.3, -0.25) is 4.98 Å². The molecule has 2 unspecified atom stereocenters. The highest BCUT2D eigenvalue weighted by Gasteiger charge is 2.49. The molecule has 19 heteroatoms. The Bertz CT molecular complexity index is 3640. The van der Waals surface area contributed by atoms with Crippen LogP contribution in [0.2, 0.25) is 0 Å². The fourth-order valence-electron chi connectivity index (χ4n) is 15.1. The quantitative estimate of drug-likeness (QED) is 0.0631. The van der Waals surface area contributed by atoms with Gasteiger partial charge in [-0.25, -0.2) is 20.8 Å². The van der Waals surface area contributed by atoms with Gasteiger partial charge in [0.25, 0.3) is 0 Å². The van der Waals surface area contributed by atoms with Crippen LogP contribution in [0, 0.1) is 37.9 Å². The van der Waals surface area contributed by atoms with Crippen molar-refractivity contribution in [3.05, 3.63) is 219 Å². The maximum absolute atomic E-state index is 13.4. The summed E-state index contributed by atoms with van der Waals surface area (Å²) in [4.78, 5) is 3.89.